The Bertz CT molecular complexity index is 6270. The van der Waals surface area contributed by atoms with Crippen molar-refractivity contribution < 1.29 is 35.1 Å². The Labute approximate surface area is 660 Å². The number of nitrogens with one attached hydrogen (secondary N) is 4. The Morgan fingerprint density at radius 3 is 0.569 bits per heavy atom. The Kier molecular flexibility index (Phi) is 17.9. The lowest BCUT2D eigenvalue weighted by molar-refractivity contribution is 0.231. The largest absolute Gasteiger partial charge is 0.367 e. The van der Waals surface area contributed by atoms with E-state index in [-0.39, 0.29) is 71.6 Å². The molecule has 2 fully saturated rings. The van der Waals surface area contributed by atoms with E-state index in [1.54, 1.807) is 48.6 Å². The predicted molar refractivity (Wildman–Crippen MR) is 451 cm³/mol. The summed E-state index contributed by atoms with van der Waals surface area (Å²) in [5, 5.41) is 0. The number of hydrogen-bond donors (Lipinski definition) is 4. The highest BCUT2D eigenvalue weighted by Gasteiger charge is 2.39. The molecule has 0 aliphatic carbocycles. The van der Waals surface area contributed by atoms with E-state index in [9.17, 15) is 0 Å². The van der Waals surface area contributed by atoms with Crippen molar-refractivity contribution in [3.05, 3.63) is 323 Å². The molecule has 0 atom stereocenters. The molecule has 0 saturated carbocycles. The summed E-state index contributed by atoms with van der Waals surface area (Å²) in [5.41, 5.74) is 12.6. The van der Waals surface area contributed by atoms with Gasteiger partial charge >= 0.3 is 0 Å². The number of benzene rings is 8. The van der Waals surface area contributed by atoms with E-state index in [1.807, 2.05) is 231 Å². The van der Waals surface area contributed by atoms with Crippen LogP contribution in [0.15, 0.2) is 231 Å². The zero-order chi connectivity index (χ0) is 78.4. The second-order valence-corrected chi connectivity index (χ2v) is 29.8. The molecule has 12 heterocycles. The summed E-state index contributed by atoms with van der Waals surface area (Å²) in [4.78, 5) is 37.6. The van der Waals surface area contributed by atoms with Gasteiger partial charge in [-0.25, -0.2) is 55.1 Å². The SMILES string of the molecule is Fc1c(F)c(N2CCC(C3CCN(c4c(F)c(F)c(-c5c6nc(c(-c7ccccc7)c7ccc([nH]7)c(-c7ccccc7)c7nc(c(-c8ccccc8)c8ccc5[nH]8)C=C7)C=C6)c(F)c4F)CC3)CC2)c(F)c(F)c1-c1c2nc(c(-c3ccccc3)c3ccc([nH]3)c(-c3ccccc3)c3nc(c(-c4ccccc4)c4ccc1[nH]4)C=C3)C=C2. The molecule has 6 aromatic heterocycles. The van der Waals surface area contributed by atoms with Gasteiger partial charge in [-0.1, -0.05) is 182 Å². The molecule has 20 rings (SSSR count). The molecule has 6 aliphatic heterocycles. The topological polar surface area (TPSA) is 121 Å². The minimum absolute atomic E-state index is 0.00573. The van der Waals surface area contributed by atoms with Crippen molar-refractivity contribution in [1.82, 2.24) is 39.9 Å². The van der Waals surface area contributed by atoms with Crippen LogP contribution in [0.1, 0.15) is 71.2 Å². The van der Waals surface area contributed by atoms with Crippen LogP contribution in [0.25, 0.3) is 182 Å². The lowest BCUT2D eigenvalue weighted by atomic mass is 9.78. The molecule has 0 unspecified atom stereocenters. The van der Waals surface area contributed by atoms with E-state index >= 15 is 35.1 Å². The van der Waals surface area contributed by atoms with E-state index < -0.39 is 69.0 Å². The van der Waals surface area contributed by atoms with E-state index in [0.717, 1.165) is 55.5 Å². The van der Waals surface area contributed by atoms with Crippen LogP contribution in [0, 0.1) is 58.4 Å². The standard InChI is InChI=1S/C98H68F8N10/c99-89-87(85-75-43-39-71(111-75)81(59-23-11-3-12-24-59)67-35-31-63(107-67)79(57-19-7-1-8-20-57)64-32-36-68(108-64)82(60-25-13-4-14-26-60)72-40-44-76(85)112-72)90(100)94(104)97(93(89)103)115-51-47-55(48-52-115)56-49-53-116(54-50-56)98-95(105)91(101)88(92(102)96(98)106)86-77-45-41-73(113-77)83(61-27-15-5-16-28-61)69-37-33-65(109-69)80(58-21-9-2-10-22-58)66-34-38-70(110-66)84(62-29-17-6-18-30-62)74-42-46-78(86)114-74/h1-46,55-56,107,109,112,114H,47-54H2. The third-order valence-corrected chi connectivity index (χ3v) is 23.2. The molecular weight excluding hydrogens is 1470 g/mol. The Balaban J connectivity index is 0.628. The monoisotopic (exact) mass is 1540 g/mol. The minimum Gasteiger partial charge on any atom is -0.367 e. The fraction of sp³-hybridized carbons (Fsp3) is 0.102. The van der Waals surface area contributed by atoms with Gasteiger partial charge in [0.2, 0.25) is 0 Å². The van der Waals surface area contributed by atoms with E-state index in [4.69, 9.17) is 19.9 Å². The van der Waals surface area contributed by atoms with Crippen molar-refractivity contribution >= 4 is 104 Å². The quantitative estimate of drug-likeness (QED) is 0.0756. The molecule has 18 heteroatoms. The molecule has 0 radical (unpaired) electrons. The van der Waals surface area contributed by atoms with Crippen LogP contribution in [-0.2, 0) is 0 Å². The maximum Gasteiger partial charge on any atom is 0.185 e. The van der Waals surface area contributed by atoms with Crippen LogP contribution in [0.3, 0.4) is 0 Å². The van der Waals surface area contributed by atoms with Crippen molar-refractivity contribution in [2.75, 3.05) is 36.0 Å². The fourth-order valence-corrected chi connectivity index (χ4v) is 17.8. The molecule has 566 valence electrons. The van der Waals surface area contributed by atoms with Crippen molar-refractivity contribution in [3.63, 3.8) is 0 Å². The van der Waals surface area contributed by atoms with Crippen LogP contribution in [0.4, 0.5) is 46.5 Å². The molecule has 8 aromatic carbocycles. The normalized spacial score (nSPS) is 14.2. The van der Waals surface area contributed by atoms with Crippen molar-refractivity contribution in [3.8, 4) is 89.0 Å². The van der Waals surface area contributed by atoms with Crippen LogP contribution >= 0.6 is 0 Å². The fourth-order valence-electron chi connectivity index (χ4n) is 17.8. The Morgan fingerprint density at radius 1 is 0.207 bits per heavy atom. The van der Waals surface area contributed by atoms with E-state index in [2.05, 4.69) is 19.9 Å². The number of anilines is 2. The first-order valence-electron chi connectivity index (χ1n) is 38.7. The Morgan fingerprint density at radius 2 is 0.379 bits per heavy atom. The maximum atomic E-state index is 17.8. The third-order valence-electron chi connectivity index (χ3n) is 23.2. The molecule has 10 nitrogen and oxygen atoms in total. The molecule has 0 amide bonds. The summed E-state index contributed by atoms with van der Waals surface area (Å²) >= 11 is 0. The maximum absolute atomic E-state index is 17.8. The highest BCUT2D eigenvalue weighted by molar-refractivity contribution is 6.03. The molecule has 6 aliphatic rings. The summed E-state index contributed by atoms with van der Waals surface area (Å²) in [6.07, 6.45) is 15.7. The molecule has 116 heavy (non-hydrogen) atoms. The zero-order valence-corrected chi connectivity index (χ0v) is 62.1. The second kappa shape index (κ2) is 29.2. The first kappa shape index (κ1) is 71.1. The lowest BCUT2D eigenvalue weighted by Crippen LogP contribution is -2.42. The average Bonchev–Trinajstić information content (AvgIpc) is 1.45. The summed E-state index contributed by atoms with van der Waals surface area (Å²) in [5.74, 6) is -13.0. The van der Waals surface area contributed by atoms with E-state index in [1.165, 1.54) is 9.80 Å². The van der Waals surface area contributed by atoms with Crippen LogP contribution in [-0.4, -0.2) is 66.1 Å². The Hall–Kier alpha value is -14.0. The van der Waals surface area contributed by atoms with Gasteiger partial charge in [-0.2, -0.15) is 0 Å². The van der Waals surface area contributed by atoms with Gasteiger partial charge in [0.05, 0.1) is 56.7 Å². The average molecular weight is 1540 g/mol. The first-order chi connectivity index (χ1) is 56.8. The van der Waals surface area contributed by atoms with Crippen molar-refractivity contribution in [1.29, 1.82) is 0 Å². The minimum atomic E-state index is -1.62. The number of H-pyrrole nitrogens is 4. The molecular formula is C98H68F8N10. The van der Waals surface area contributed by atoms with Gasteiger partial charge < -0.3 is 29.7 Å². The summed E-state index contributed by atoms with van der Waals surface area (Å²) in [6, 6.07) is 72.6. The highest BCUT2D eigenvalue weighted by Crippen LogP contribution is 2.48. The highest BCUT2D eigenvalue weighted by atomic mass is 19.2. The van der Waals surface area contributed by atoms with Crippen LogP contribution in [0.5, 0.6) is 0 Å². The number of hydrogen-bond acceptors (Lipinski definition) is 6. The number of aromatic nitrogens is 8. The number of rotatable bonds is 11. The molecule has 2 saturated heterocycles. The van der Waals surface area contributed by atoms with Gasteiger partial charge in [0, 0.05) is 115 Å². The number of fused-ring (bicyclic) bond motifs is 16. The van der Waals surface area contributed by atoms with Crippen LogP contribution in [0.2, 0.25) is 0 Å². The lowest BCUT2D eigenvalue weighted by Gasteiger charge is -2.41. The smallest absolute Gasteiger partial charge is 0.185 e. The molecule has 14 aromatic rings. The summed E-state index contributed by atoms with van der Waals surface area (Å²) in [7, 11) is 0. The third kappa shape index (κ3) is 12.3. The predicted octanol–water partition coefficient (Wildman–Crippen LogP) is 25.2. The van der Waals surface area contributed by atoms with Gasteiger partial charge in [0.15, 0.2) is 46.5 Å². The second-order valence-electron chi connectivity index (χ2n) is 29.8. The summed E-state index contributed by atoms with van der Waals surface area (Å²) < 4.78 is 141. The molecule has 16 bridgehead atoms. The molecule has 4 N–H and O–H groups in total. The van der Waals surface area contributed by atoms with E-state index in [0.29, 0.717) is 104 Å². The van der Waals surface area contributed by atoms with Crippen LogP contribution < -0.4 is 9.80 Å². The van der Waals surface area contributed by atoms with Crippen molar-refractivity contribution in [2.24, 2.45) is 11.8 Å². The van der Waals surface area contributed by atoms with Gasteiger partial charge in [-0.3, -0.25) is 0 Å². The summed E-state index contributed by atoms with van der Waals surface area (Å²) in [6.45, 7) is 0.0229. The first-order valence-corrected chi connectivity index (χ1v) is 38.7. The number of nitrogens with zero attached hydrogens (tertiary/aromatic N) is 6. The van der Waals surface area contributed by atoms with Gasteiger partial charge in [-0.15, -0.1) is 0 Å². The van der Waals surface area contributed by atoms with Gasteiger partial charge in [0.25, 0.3) is 0 Å². The number of halogens is 8. The zero-order valence-electron chi connectivity index (χ0n) is 62.1. The number of piperidine rings is 2. The van der Waals surface area contributed by atoms with Crippen molar-refractivity contribution in [2.45, 2.75) is 25.7 Å². The van der Waals surface area contributed by atoms with Gasteiger partial charge in [-0.05, 0) is 168 Å². The number of aromatic amines is 4. The molecule has 0 spiro atoms. The van der Waals surface area contributed by atoms with Gasteiger partial charge in [0.1, 0.15) is 11.4 Å².